The minimum absolute atomic E-state index is 0.0660. The summed E-state index contributed by atoms with van der Waals surface area (Å²) < 4.78 is 0. The molecular formula is C14H26N2O. The standard InChI is InChI=1S/C14H26N2O/c1-12(2)8-9-15-13(3)14(17)16-10-6-4-5-7-11-16/h8,13,15H,4-7,9-11H2,1-3H3. The zero-order chi connectivity index (χ0) is 12.7. The molecule has 1 heterocycles. The van der Waals surface area contributed by atoms with Crippen LogP contribution in [-0.4, -0.2) is 36.5 Å². The van der Waals surface area contributed by atoms with E-state index in [0.29, 0.717) is 0 Å². The Labute approximate surface area is 105 Å². The number of hydrogen-bond donors (Lipinski definition) is 1. The van der Waals surface area contributed by atoms with E-state index in [1.54, 1.807) is 0 Å². The van der Waals surface area contributed by atoms with Crippen LogP contribution in [0.4, 0.5) is 0 Å². The third-order valence-electron chi connectivity index (χ3n) is 3.22. The van der Waals surface area contributed by atoms with Gasteiger partial charge in [0.1, 0.15) is 0 Å². The van der Waals surface area contributed by atoms with Crippen LogP contribution in [0.15, 0.2) is 11.6 Å². The molecule has 1 unspecified atom stereocenters. The Bertz CT molecular complexity index is 261. The molecular weight excluding hydrogens is 212 g/mol. The summed E-state index contributed by atoms with van der Waals surface area (Å²) in [5.41, 5.74) is 1.28. The van der Waals surface area contributed by atoms with Crippen molar-refractivity contribution in [2.24, 2.45) is 0 Å². The van der Waals surface area contributed by atoms with Gasteiger partial charge in [0.05, 0.1) is 6.04 Å². The summed E-state index contributed by atoms with van der Waals surface area (Å²) in [6.45, 7) is 8.77. The summed E-state index contributed by atoms with van der Waals surface area (Å²) in [6.07, 6.45) is 6.97. The van der Waals surface area contributed by atoms with Gasteiger partial charge in [-0.3, -0.25) is 4.79 Å². The van der Waals surface area contributed by atoms with Crippen molar-refractivity contribution in [3.8, 4) is 0 Å². The van der Waals surface area contributed by atoms with Crippen LogP contribution in [-0.2, 0) is 4.79 Å². The van der Waals surface area contributed by atoms with Crippen molar-refractivity contribution >= 4 is 5.91 Å². The first kappa shape index (κ1) is 14.2. The van der Waals surface area contributed by atoms with Crippen LogP contribution in [0, 0.1) is 0 Å². The van der Waals surface area contributed by atoms with Crippen LogP contribution in [0.5, 0.6) is 0 Å². The summed E-state index contributed by atoms with van der Waals surface area (Å²) in [5, 5.41) is 3.26. The zero-order valence-electron chi connectivity index (χ0n) is 11.5. The highest BCUT2D eigenvalue weighted by Crippen LogP contribution is 2.10. The number of hydrogen-bond acceptors (Lipinski definition) is 2. The quantitative estimate of drug-likeness (QED) is 0.762. The highest BCUT2D eigenvalue weighted by molar-refractivity contribution is 5.81. The first-order valence-corrected chi connectivity index (χ1v) is 6.77. The molecule has 3 heteroatoms. The van der Waals surface area contributed by atoms with E-state index in [2.05, 4.69) is 25.2 Å². The molecule has 1 saturated heterocycles. The van der Waals surface area contributed by atoms with Crippen molar-refractivity contribution in [2.75, 3.05) is 19.6 Å². The van der Waals surface area contributed by atoms with Gasteiger partial charge >= 0.3 is 0 Å². The fourth-order valence-electron chi connectivity index (χ4n) is 2.09. The Morgan fingerprint density at radius 1 is 1.24 bits per heavy atom. The van der Waals surface area contributed by atoms with Crippen LogP contribution in [0.1, 0.15) is 46.5 Å². The summed E-state index contributed by atoms with van der Waals surface area (Å²) in [4.78, 5) is 14.2. The third-order valence-corrected chi connectivity index (χ3v) is 3.22. The SMILES string of the molecule is CC(C)=CCNC(C)C(=O)N1CCCCCC1. The van der Waals surface area contributed by atoms with E-state index in [4.69, 9.17) is 0 Å². The molecule has 1 aliphatic rings. The van der Waals surface area contributed by atoms with E-state index >= 15 is 0 Å². The second kappa shape index (κ2) is 7.49. The Morgan fingerprint density at radius 2 is 1.82 bits per heavy atom. The van der Waals surface area contributed by atoms with Crippen LogP contribution >= 0.6 is 0 Å². The highest BCUT2D eigenvalue weighted by Gasteiger charge is 2.20. The van der Waals surface area contributed by atoms with Gasteiger partial charge in [0.15, 0.2) is 0 Å². The predicted octanol–water partition coefficient (Wildman–Crippen LogP) is 2.33. The van der Waals surface area contributed by atoms with Crippen molar-refractivity contribution in [2.45, 2.75) is 52.5 Å². The van der Waals surface area contributed by atoms with Gasteiger partial charge in [-0.15, -0.1) is 0 Å². The van der Waals surface area contributed by atoms with E-state index in [1.165, 1.54) is 18.4 Å². The zero-order valence-corrected chi connectivity index (χ0v) is 11.5. The van der Waals surface area contributed by atoms with E-state index in [1.807, 2.05) is 11.8 Å². The maximum absolute atomic E-state index is 12.2. The van der Waals surface area contributed by atoms with Crippen molar-refractivity contribution in [1.82, 2.24) is 10.2 Å². The van der Waals surface area contributed by atoms with Gasteiger partial charge in [-0.05, 0) is 33.6 Å². The minimum atomic E-state index is -0.0660. The van der Waals surface area contributed by atoms with Gasteiger partial charge in [-0.2, -0.15) is 0 Å². The number of amides is 1. The molecule has 1 fully saturated rings. The highest BCUT2D eigenvalue weighted by atomic mass is 16.2. The number of likely N-dealkylation sites (tertiary alicyclic amines) is 1. The van der Waals surface area contributed by atoms with E-state index in [0.717, 1.165) is 32.5 Å². The first-order valence-electron chi connectivity index (χ1n) is 6.77. The molecule has 0 aromatic heterocycles. The number of rotatable bonds is 4. The molecule has 0 aliphatic carbocycles. The van der Waals surface area contributed by atoms with Crippen LogP contribution < -0.4 is 5.32 Å². The molecule has 0 spiro atoms. The lowest BCUT2D eigenvalue weighted by atomic mass is 10.2. The predicted molar refractivity (Wildman–Crippen MR) is 71.9 cm³/mol. The second-order valence-electron chi connectivity index (χ2n) is 5.15. The second-order valence-corrected chi connectivity index (χ2v) is 5.15. The minimum Gasteiger partial charge on any atom is -0.341 e. The van der Waals surface area contributed by atoms with Crippen molar-refractivity contribution < 1.29 is 4.79 Å². The number of nitrogens with zero attached hydrogens (tertiary/aromatic N) is 1. The van der Waals surface area contributed by atoms with Crippen molar-refractivity contribution in [3.63, 3.8) is 0 Å². The Balaban J connectivity index is 2.36. The number of carbonyl (C=O) groups excluding carboxylic acids is 1. The monoisotopic (exact) mass is 238 g/mol. The Morgan fingerprint density at radius 3 is 2.35 bits per heavy atom. The van der Waals surface area contributed by atoms with Crippen molar-refractivity contribution in [3.05, 3.63) is 11.6 Å². The van der Waals surface area contributed by atoms with Gasteiger partial charge in [0.25, 0.3) is 0 Å². The topological polar surface area (TPSA) is 32.3 Å². The molecule has 1 N–H and O–H groups in total. The van der Waals surface area contributed by atoms with Crippen LogP contribution in [0.25, 0.3) is 0 Å². The van der Waals surface area contributed by atoms with Crippen LogP contribution in [0.2, 0.25) is 0 Å². The van der Waals surface area contributed by atoms with Gasteiger partial charge in [0, 0.05) is 19.6 Å². The molecule has 3 nitrogen and oxygen atoms in total. The lowest BCUT2D eigenvalue weighted by molar-refractivity contribution is -0.132. The molecule has 0 saturated carbocycles. The molecule has 0 radical (unpaired) electrons. The maximum Gasteiger partial charge on any atom is 0.239 e. The fourth-order valence-corrected chi connectivity index (χ4v) is 2.09. The van der Waals surface area contributed by atoms with Gasteiger partial charge < -0.3 is 10.2 Å². The summed E-state index contributed by atoms with van der Waals surface area (Å²) in [7, 11) is 0. The summed E-state index contributed by atoms with van der Waals surface area (Å²) in [6, 6.07) is -0.0660. The molecule has 1 aliphatic heterocycles. The smallest absolute Gasteiger partial charge is 0.239 e. The Kier molecular flexibility index (Phi) is 6.27. The van der Waals surface area contributed by atoms with E-state index in [-0.39, 0.29) is 11.9 Å². The largest absolute Gasteiger partial charge is 0.341 e. The maximum atomic E-state index is 12.2. The normalized spacial score (nSPS) is 18.4. The molecule has 17 heavy (non-hydrogen) atoms. The summed E-state index contributed by atoms with van der Waals surface area (Å²) in [5.74, 6) is 0.258. The first-order chi connectivity index (χ1) is 8.11. The number of carbonyl (C=O) groups is 1. The molecule has 0 aromatic rings. The fraction of sp³-hybridized carbons (Fsp3) is 0.786. The third kappa shape index (κ3) is 5.35. The molecule has 0 aromatic carbocycles. The molecule has 98 valence electrons. The van der Waals surface area contributed by atoms with E-state index in [9.17, 15) is 4.79 Å². The van der Waals surface area contributed by atoms with E-state index < -0.39 is 0 Å². The lowest BCUT2D eigenvalue weighted by Gasteiger charge is -2.24. The molecule has 1 atom stereocenters. The average Bonchev–Trinajstić information content (AvgIpc) is 2.55. The molecule has 1 rings (SSSR count). The van der Waals surface area contributed by atoms with Crippen molar-refractivity contribution in [1.29, 1.82) is 0 Å². The number of allylic oxidation sites excluding steroid dienone is 1. The van der Waals surface area contributed by atoms with Gasteiger partial charge in [-0.25, -0.2) is 0 Å². The van der Waals surface area contributed by atoms with Gasteiger partial charge in [-0.1, -0.05) is 24.5 Å². The average molecular weight is 238 g/mol. The number of nitrogens with one attached hydrogen (secondary N) is 1. The summed E-state index contributed by atoms with van der Waals surface area (Å²) >= 11 is 0. The van der Waals surface area contributed by atoms with Gasteiger partial charge in [0.2, 0.25) is 5.91 Å². The lowest BCUT2D eigenvalue weighted by Crippen LogP contribution is -2.45. The molecule has 1 amide bonds. The Hall–Kier alpha value is -0.830. The van der Waals surface area contributed by atoms with Crippen LogP contribution in [0.3, 0.4) is 0 Å². The molecule has 0 bridgehead atoms.